The molecule has 1 aromatic heterocycles. The second-order valence-corrected chi connectivity index (χ2v) is 9.49. The summed E-state index contributed by atoms with van der Waals surface area (Å²) in [6.45, 7) is 1.53. The lowest BCUT2D eigenvalue weighted by molar-refractivity contribution is -0.274. The molecule has 6 nitrogen and oxygen atoms in total. The van der Waals surface area contributed by atoms with Gasteiger partial charge in [0.05, 0.1) is 25.9 Å². The molecule has 3 saturated carbocycles. The average molecular weight is 465 g/mol. The Morgan fingerprint density at radius 2 is 1.70 bits per heavy atom. The summed E-state index contributed by atoms with van der Waals surface area (Å²) in [5.41, 5.74) is 1.32. The maximum Gasteiger partial charge on any atom is 0.573 e. The first-order valence-electron chi connectivity index (χ1n) is 11.7. The van der Waals surface area contributed by atoms with E-state index in [9.17, 15) is 13.2 Å². The minimum absolute atomic E-state index is 0.0393. The molecule has 6 rings (SSSR count). The van der Waals surface area contributed by atoms with E-state index in [2.05, 4.69) is 9.89 Å². The largest absolute Gasteiger partial charge is 0.573 e. The summed E-state index contributed by atoms with van der Waals surface area (Å²) in [6.07, 6.45) is 1.04. The van der Waals surface area contributed by atoms with E-state index in [4.69, 9.17) is 18.7 Å². The van der Waals surface area contributed by atoms with E-state index < -0.39 is 12.1 Å². The molecule has 4 fully saturated rings. The number of hydrogen-bond donors (Lipinski definition) is 0. The summed E-state index contributed by atoms with van der Waals surface area (Å²) >= 11 is 0. The van der Waals surface area contributed by atoms with Crippen LogP contribution in [0.3, 0.4) is 0 Å². The van der Waals surface area contributed by atoms with Gasteiger partial charge in [-0.15, -0.1) is 13.2 Å². The lowest BCUT2D eigenvalue weighted by Gasteiger charge is -2.41. The number of para-hydroxylation sites is 1. The van der Waals surface area contributed by atoms with Gasteiger partial charge >= 0.3 is 6.36 Å². The van der Waals surface area contributed by atoms with Gasteiger partial charge in [-0.25, -0.2) is 0 Å². The van der Waals surface area contributed by atoms with Crippen LogP contribution in [0.4, 0.5) is 13.2 Å². The van der Waals surface area contributed by atoms with Crippen molar-refractivity contribution in [3.8, 4) is 17.0 Å². The molecule has 1 aromatic carbocycles. The molecule has 2 heterocycles. The van der Waals surface area contributed by atoms with Gasteiger partial charge in [0, 0.05) is 28.9 Å². The Labute approximate surface area is 189 Å². The number of nitrogens with zero attached hydrogens (tertiary/aromatic N) is 1. The van der Waals surface area contributed by atoms with Crippen LogP contribution in [0.1, 0.15) is 55.8 Å². The fourth-order valence-corrected chi connectivity index (χ4v) is 5.90. The molecule has 2 aromatic rings. The number of halogens is 3. The maximum absolute atomic E-state index is 13.0. The third kappa shape index (κ3) is 3.94. The van der Waals surface area contributed by atoms with Crippen molar-refractivity contribution in [2.45, 2.75) is 69.3 Å². The van der Waals surface area contributed by atoms with Crippen molar-refractivity contribution in [3.05, 3.63) is 35.6 Å². The molecule has 0 radical (unpaired) electrons. The highest BCUT2D eigenvalue weighted by Crippen LogP contribution is 2.55. The first kappa shape index (κ1) is 21.4. The molecule has 178 valence electrons. The fraction of sp³-hybridized carbons (Fsp3) is 0.625. The van der Waals surface area contributed by atoms with E-state index in [0.717, 1.165) is 44.1 Å². The van der Waals surface area contributed by atoms with Crippen molar-refractivity contribution in [3.63, 3.8) is 0 Å². The molecule has 2 bridgehead atoms. The molecule has 0 amide bonds. The Morgan fingerprint density at radius 3 is 2.36 bits per heavy atom. The number of ether oxygens (including phenoxy) is 4. The van der Waals surface area contributed by atoms with Crippen LogP contribution in [0.2, 0.25) is 0 Å². The van der Waals surface area contributed by atoms with Gasteiger partial charge in [-0.05, 0) is 50.7 Å². The molecule has 3 aliphatic carbocycles. The molecule has 9 heteroatoms. The van der Waals surface area contributed by atoms with Crippen molar-refractivity contribution in [1.29, 1.82) is 0 Å². The Kier molecular flexibility index (Phi) is 5.19. The Hall–Kier alpha value is -2.10. The summed E-state index contributed by atoms with van der Waals surface area (Å²) in [7, 11) is 0. The van der Waals surface area contributed by atoms with Crippen LogP contribution < -0.4 is 4.74 Å². The number of alkyl halides is 3. The maximum atomic E-state index is 13.0. The van der Waals surface area contributed by atoms with Crippen LogP contribution in [0.5, 0.6) is 5.75 Å². The van der Waals surface area contributed by atoms with Crippen LogP contribution in [0.25, 0.3) is 11.3 Å². The monoisotopic (exact) mass is 465 g/mol. The van der Waals surface area contributed by atoms with Gasteiger partial charge in [0.15, 0.2) is 5.79 Å². The Morgan fingerprint density at radius 1 is 1.00 bits per heavy atom. The summed E-state index contributed by atoms with van der Waals surface area (Å²) in [6, 6.07) is 6.02. The zero-order chi connectivity index (χ0) is 22.6. The quantitative estimate of drug-likeness (QED) is 0.556. The van der Waals surface area contributed by atoms with Crippen molar-refractivity contribution >= 4 is 0 Å². The molecule has 33 heavy (non-hydrogen) atoms. The number of hydrogen-bond acceptors (Lipinski definition) is 6. The first-order valence-corrected chi connectivity index (χ1v) is 11.7. The lowest BCUT2D eigenvalue weighted by Crippen LogP contribution is -2.47. The van der Waals surface area contributed by atoms with Crippen LogP contribution >= 0.6 is 0 Å². The van der Waals surface area contributed by atoms with Crippen LogP contribution in [-0.4, -0.2) is 36.6 Å². The molecule has 1 spiro atoms. The number of rotatable bonds is 6. The number of aromatic nitrogens is 1. The SMILES string of the molecule is FC(F)(F)Oc1ccccc1-c1noc(C2CC2)c1COC1C[C@H]2CC[C@@H](C1)C21OCCO1. The molecule has 3 atom stereocenters. The predicted molar refractivity (Wildman–Crippen MR) is 109 cm³/mol. The van der Waals surface area contributed by atoms with Crippen LogP contribution in [0.15, 0.2) is 28.8 Å². The zero-order valence-corrected chi connectivity index (χ0v) is 18.1. The van der Waals surface area contributed by atoms with Crippen molar-refractivity contribution < 1.29 is 36.6 Å². The highest BCUT2D eigenvalue weighted by Gasteiger charge is 2.58. The zero-order valence-electron chi connectivity index (χ0n) is 18.1. The molecular formula is C24H26F3NO5. The summed E-state index contributed by atoms with van der Waals surface area (Å²) in [5, 5.41) is 4.16. The third-order valence-corrected chi connectivity index (χ3v) is 7.43. The summed E-state index contributed by atoms with van der Waals surface area (Å²) in [4.78, 5) is 0. The van der Waals surface area contributed by atoms with E-state index in [1.165, 1.54) is 12.1 Å². The molecule has 1 unspecified atom stereocenters. The van der Waals surface area contributed by atoms with Gasteiger partial charge in [0.2, 0.25) is 0 Å². The number of benzene rings is 1. The molecule has 0 N–H and O–H groups in total. The molecular weight excluding hydrogens is 439 g/mol. The molecule has 1 saturated heterocycles. The smallest absolute Gasteiger partial charge is 0.405 e. The normalized spacial score (nSPS) is 28.5. The van der Waals surface area contributed by atoms with Crippen LogP contribution in [-0.2, 0) is 20.8 Å². The van der Waals surface area contributed by atoms with Gasteiger partial charge in [-0.2, -0.15) is 0 Å². The third-order valence-electron chi connectivity index (χ3n) is 7.43. The van der Waals surface area contributed by atoms with Gasteiger partial charge in [-0.1, -0.05) is 17.3 Å². The predicted octanol–water partition coefficient (Wildman–Crippen LogP) is 5.57. The van der Waals surface area contributed by atoms with E-state index in [1.807, 2.05) is 0 Å². The van der Waals surface area contributed by atoms with Crippen molar-refractivity contribution in [2.75, 3.05) is 13.2 Å². The standard InChI is InChI=1S/C24H26F3NO5/c25-24(26,27)32-20-4-2-1-3-18(20)21-19(22(33-28-21)14-5-6-14)13-29-17-11-15-7-8-16(12-17)23(15)30-9-10-31-23/h1-4,14-17H,5-13H2/t15-,16+,17?. The second-order valence-electron chi connectivity index (χ2n) is 9.49. The molecule has 1 aliphatic heterocycles. The summed E-state index contributed by atoms with van der Waals surface area (Å²) in [5.74, 6) is 0.852. The van der Waals surface area contributed by atoms with Gasteiger partial charge < -0.3 is 23.5 Å². The molecule has 4 aliphatic rings. The minimum atomic E-state index is -4.79. The Bertz CT molecular complexity index is 996. The minimum Gasteiger partial charge on any atom is -0.405 e. The van der Waals surface area contributed by atoms with E-state index >= 15 is 0 Å². The average Bonchev–Trinajstić information content (AvgIpc) is 3.31. The van der Waals surface area contributed by atoms with Crippen molar-refractivity contribution in [1.82, 2.24) is 5.16 Å². The fourth-order valence-electron chi connectivity index (χ4n) is 5.90. The Balaban J connectivity index is 1.24. The highest BCUT2D eigenvalue weighted by atomic mass is 19.4. The summed E-state index contributed by atoms with van der Waals surface area (Å²) < 4.78 is 67.2. The topological polar surface area (TPSA) is 63.0 Å². The highest BCUT2D eigenvalue weighted by molar-refractivity contribution is 5.70. The van der Waals surface area contributed by atoms with E-state index in [0.29, 0.717) is 36.5 Å². The second kappa shape index (κ2) is 7.99. The first-order chi connectivity index (χ1) is 15.9. The van der Waals surface area contributed by atoms with Gasteiger partial charge in [0.1, 0.15) is 17.2 Å². The van der Waals surface area contributed by atoms with E-state index in [1.54, 1.807) is 12.1 Å². The van der Waals surface area contributed by atoms with Gasteiger partial charge in [-0.3, -0.25) is 0 Å². The van der Waals surface area contributed by atoms with Crippen molar-refractivity contribution in [2.24, 2.45) is 11.8 Å². The van der Waals surface area contributed by atoms with Crippen LogP contribution in [0, 0.1) is 11.8 Å². The van der Waals surface area contributed by atoms with E-state index in [-0.39, 0.29) is 29.9 Å². The van der Waals surface area contributed by atoms with Gasteiger partial charge in [0.25, 0.3) is 0 Å². The lowest BCUT2D eigenvalue weighted by atomic mass is 9.81.